The fourth-order valence-electron chi connectivity index (χ4n) is 3.46. The van der Waals surface area contributed by atoms with Crippen molar-refractivity contribution in [3.05, 3.63) is 34.6 Å². The average Bonchev–Trinajstić information content (AvgIpc) is 2.39. The lowest BCUT2D eigenvalue weighted by molar-refractivity contribution is 0.226. The number of hydrogen-bond donors (Lipinski definition) is 1. The molecule has 1 saturated carbocycles. The number of halogens is 2. The largest absolute Gasteiger partial charge is 0.330 e. The van der Waals surface area contributed by atoms with E-state index in [-0.39, 0.29) is 11.7 Å². The van der Waals surface area contributed by atoms with Gasteiger partial charge in [0, 0.05) is 5.02 Å². The van der Waals surface area contributed by atoms with Crippen LogP contribution in [0.15, 0.2) is 18.2 Å². The predicted molar refractivity (Wildman–Crippen MR) is 78.9 cm³/mol. The Bertz CT molecular complexity index is 421. The van der Waals surface area contributed by atoms with E-state index in [2.05, 4.69) is 6.92 Å². The van der Waals surface area contributed by atoms with Crippen molar-refractivity contribution in [3.63, 3.8) is 0 Å². The summed E-state index contributed by atoms with van der Waals surface area (Å²) in [7, 11) is 0. The van der Waals surface area contributed by atoms with Crippen LogP contribution in [0, 0.1) is 17.7 Å². The molecule has 2 rings (SSSR count). The number of nitrogens with two attached hydrogens (primary N) is 1. The molecule has 0 radical (unpaired) electrons. The smallest absolute Gasteiger partial charge is 0.128 e. The Morgan fingerprint density at radius 3 is 2.79 bits per heavy atom. The van der Waals surface area contributed by atoms with Crippen LogP contribution in [-0.2, 0) is 0 Å². The normalized spacial score (nSPS) is 27.5. The molecule has 0 spiro atoms. The van der Waals surface area contributed by atoms with Gasteiger partial charge in [0.25, 0.3) is 0 Å². The van der Waals surface area contributed by atoms with Crippen molar-refractivity contribution >= 4 is 11.6 Å². The zero-order valence-corrected chi connectivity index (χ0v) is 12.3. The van der Waals surface area contributed by atoms with Crippen molar-refractivity contribution < 1.29 is 4.39 Å². The number of rotatable bonds is 4. The van der Waals surface area contributed by atoms with Gasteiger partial charge in [0.1, 0.15) is 5.82 Å². The quantitative estimate of drug-likeness (QED) is 0.849. The summed E-state index contributed by atoms with van der Waals surface area (Å²) in [5, 5.41) is 0.464. The summed E-state index contributed by atoms with van der Waals surface area (Å²) in [5.74, 6) is 1.21. The Morgan fingerprint density at radius 1 is 1.37 bits per heavy atom. The molecule has 1 aliphatic carbocycles. The summed E-state index contributed by atoms with van der Waals surface area (Å²) in [6, 6.07) is 5.06. The summed E-state index contributed by atoms with van der Waals surface area (Å²) in [5.41, 5.74) is 6.69. The van der Waals surface area contributed by atoms with Gasteiger partial charge >= 0.3 is 0 Å². The minimum Gasteiger partial charge on any atom is -0.330 e. The van der Waals surface area contributed by atoms with Gasteiger partial charge in [0.05, 0.1) is 0 Å². The molecule has 2 N–H and O–H groups in total. The maximum atomic E-state index is 14.1. The third kappa shape index (κ3) is 3.49. The van der Waals surface area contributed by atoms with Gasteiger partial charge in [-0.3, -0.25) is 0 Å². The third-order valence-electron chi connectivity index (χ3n) is 4.46. The lowest BCUT2D eigenvalue weighted by Gasteiger charge is -2.36. The molecule has 1 nitrogen and oxygen atoms in total. The zero-order valence-electron chi connectivity index (χ0n) is 11.5. The highest BCUT2D eigenvalue weighted by molar-refractivity contribution is 6.30. The molecule has 3 atom stereocenters. The Kier molecular flexibility index (Phi) is 5.23. The monoisotopic (exact) mass is 283 g/mol. The van der Waals surface area contributed by atoms with Crippen molar-refractivity contribution in [2.24, 2.45) is 17.6 Å². The highest BCUT2D eigenvalue weighted by Gasteiger charge is 2.31. The lowest BCUT2D eigenvalue weighted by atomic mass is 9.70. The van der Waals surface area contributed by atoms with Gasteiger partial charge in [-0.05, 0) is 54.8 Å². The van der Waals surface area contributed by atoms with Crippen LogP contribution in [0.5, 0.6) is 0 Å². The first-order valence-electron chi connectivity index (χ1n) is 7.30. The van der Waals surface area contributed by atoms with Gasteiger partial charge in [-0.25, -0.2) is 4.39 Å². The van der Waals surface area contributed by atoms with Crippen molar-refractivity contribution in [3.8, 4) is 0 Å². The molecular formula is C16H23ClFN. The first-order valence-corrected chi connectivity index (χ1v) is 7.68. The molecule has 1 fully saturated rings. The highest BCUT2D eigenvalue weighted by atomic mass is 35.5. The summed E-state index contributed by atoms with van der Waals surface area (Å²) in [6.45, 7) is 2.86. The van der Waals surface area contributed by atoms with E-state index in [4.69, 9.17) is 17.3 Å². The van der Waals surface area contributed by atoms with Crippen LogP contribution in [0.4, 0.5) is 4.39 Å². The van der Waals surface area contributed by atoms with E-state index in [9.17, 15) is 4.39 Å². The molecule has 106 valence electrons. The molecule has 0 aliphatic heterocycles. The molecule has 0 aromatic heterocycles. The van der Waals surface area contributed by atoms with Gasteiger partial charge in [0.2, 0.25) is 0 Å². The first-order chi connectivity index (χ1) is 9.15. The van der Waals surface area contributed by atoms with Crippen molar-refractivity contribution in [2.45, 2.75) is 44.9 Å². The van der Waals surface area contributed by atoms with E-state index >= 15 is 0 Å². The van der Waals surface area contributed by atoms with E-state index in [1.807, 2.05) is 6.07 Å². The van der Waals surface area contributed by atoms with E-state index in [0.29, 0.717) is 23.4 Å². The Balaban J connectivity index is 2.22. The van der Waals surface area contributed by atoms with Gasteiger partial charge in [-0.1, -0.05) is 43.9 Å². The summed E-state index contributed by atoms with van der Waals surface area (Å²) >= 11 is 5.84. The van der Waals surface area contributed by atoms with Gasteiger partial charge in [-0.15, -0.1) is 0 Å². The lowest BCUT2D eigenvalue weighted by Crippen LogP contribution is -2.29. The molecular weight excluding hydrogens is 261 g/mol. The van der Waals surface area contributed by atoms with Gasteiger partial charge in [0.15, 0.2) is 0 Å². The van der Waals surface area contributed by atoms with Gasteiger partial charge < -0.3 is 5.73 Å². The second-order valence-electron chi connectivity index (χ2n) is 5.74. The fraction of sp³-hybridized carbons (Fsp3) is 0.625. The third-order valence-corrected chi connectivity index (χ3v) is 4.70. The van der Waals surface area contributed by atoms with Gasteiger partial charge in [-0.2, -0.15) is 0 Å². The van der Waals surface area contributed by atoms with Crippen LogP contribution in [0.25, 0.3) is 0 Å². The summed E-state index contributed by atoms with van der Waals surface area (Å²) < 4.78 is 14.1. The van der Waals surface area contributed by atoms with Crippen molar-refractivity contribution in [1.29, 1.82) is 0 Å². The van der Waals surface area contributed by atoms with Crippen LogP contribution >= 0.6 is 11.6 Å². The Hall–Kier alpha value is -0.600. The van der Waals surface area contributed by atoms with Crippen molar-refractivity contribution in [1.82, 2.24) is 0 Å². The standard InChI is InChI=1S/C16H23ClFN/c1-2-3-11-4-5-12(10-19)15(8-11)14-7-6-13(17)9-16(14)18/h6-7,9,11-12,15H,2-5,8,10,19H2,1H3. The summed E-state index contributed by atoms with van der Waals surface area (Å²) in [4.78, 5) is 0. The molecule has 0 bridgehead atoms. The van der Waals surface area contributed by atoms with Crippen LogP contribution in [0.3, 0.4) is 0 Å². The van der Waals surface area contributed by atoms with E-state index < -0.39 is 0 Å². The van der Waals surface area contributed by atoms with E-state index in [1.54, 1.807) is 6.07 Å². The van der Waals surface area contributed by atoms with Crippen molar-refractivity contribution in [2.75, 3.05) is 6.54 Å². The molecule has 0 saturated heterocycles. The number of benzene rings is 1. The number of hydrogen-bond acceptors (Lipinski definition) is 1. The minimum absolute atomic E-state index is 0.173. The van der Waals surface area contributed by atoms with Crippen LogP contribution in [0.2, 0.25) is 5.02 Å². The first kappa shape index (κ1) is 14.8. The minimum atomic E-state index is -0.173. The second kappa shape index (κ2) is 6.71. The highest BCUT2D eigenvalue weighted by Crippen LogP contribution is 2.42. The topological polar surface area (TPSA) is 26.0 Å². The van der Waals surface area contributed by atoms with Crippen LogP contribution < -0.4 is 5.73 Å². The molecule has 1 aromatic carbocycles. The molecule has 1 aliphatic rings. The van der Waals surface area contributed by atoms with Crippen LogP contribution in [-0.4, -0.2) is 6.54 Å². The molecule has 3 unspecified atom stereocenters. The SMILES string of the molecule is CCCC1CCC(CN)C(c2ccc(Cl)cc2F)C1. The Morgan fingerprint density at radius 2 is 2.16 bits per heavy atom. The van der Waals surface area contributed by atoms with Crippen LogP contribution in [0.1, 0.15) is 50.5 Å². The predicted octanol–water partition coefficient (Wildman–Crippen LogP) is 4.74. The Labute approximate surface area is 120 Å². The maximum absolute atomic E-state index is 14.1. The molecule has 3 heteroatoms. The second-order valence-corrected chi connectivity index (χ2v) is 6.17. The molecule has 0 amide bonds. The summed E-state index contributed by atoms with van der Waals surface area (Å²) in [6.07, 6.45) is 5.86. The van der Waals surface area contributed by atoms with E-state index in [0.717, 1.165) is 18.4 Å². The molecule has 0 heterocycles. The molecule has 19 heavy (non-hydrogen) atoms. The average molecular weight is 284 g/mol. The van der Waals surface area contributed by atoms with E-state index in [1.165, 1.54) is 25.3 Å². The zero-order chi connectivity index (χ0) is 13.8. The fourth-order valence-corrected chi connectivity index (χ4v) is 3.61. The maximum Gasteiger partial charge on any atom is 0.128 e. The molecule has 1 aromatic rings.